The minimum atomic E-state index is -3.34. The molecule has 0 atom stereocenters. The van der Waals surface area contributed by atoms with Crippen LogP contribution in [0.3, 0.4) is 0 Å². The molecule has 0 radical (unpaired) electrons. The van der Waals surface area contributed by atoms with E-state index in [0.717, 1.165) is 12.8 Å². The van der Waals surface area contributed by atoms with Gasteiger partial charge in [0.25, 0.3) is 0 Å². The molecule has 0 unspecified atom stereocenters. The molecule has 0 spiro atoms. The number of sulfonamides is 1. The van der Waals surface area contributed by atoms with Crippen LogP contribution in [-0.4, -0.2) is 21.5 Å². The van der Waals surface area contributed by atoms with Gasteiger partial charge in [-0.3, -0.25) is 0 Å². The number of benzene rings is 1. The van der Waals surface area contributed by atoms with E-state index in [9.17, 15) is 8.42 Å². The molecule has 1 aromatic rings. The van der Waals surface area contributed by atoms with Gasteiger partial charge in [0.2, 0.25) is 10.0 Å². The van der Waals surface area contributed by atoms with Crippen molar-refractivity contribution in [1.82, 2.24) is 4.72 Å². The number of hydrogen-bond acceptors (Lipinski definition) is 3. The molecule has 8 heteroatoms. The van der Waals surface area contributed by atoms with Crippen molar-refractivity contribution in [3.8, 4) is 0 Å². The maximum absolute atomic E-state index is 11.7. The first-order chi connectivity index (χ1) is 8.44. The highest BCUT2D eigenvalue weighted by Gasteiger charge is 2.11. The smallest absolute Gasteiger partial charge is 0.215 e. The third-order valence-corrected chi connectivity index (χ3v) is 4.39. The van der Waals surface area contributed by atoms with Crippen LogP contribution in [0.2, 0.25) is 10.0 Å². The number of rotatable bonds is 7. The van der Waals surface area contributed by atoms with Gasteiger partial charge in [0, 0.05) is 6.54 Å². The van der Waals surface area contributed by atoms with Crippen LogP contribution in [0.4, 0.5) is 0 Å². The summed E-state index contributed by atoms with van der Waals surface area (Å²) in [6, 6.07) is 4.79. The van der Waals surface area contributed by atoms with Crippen LogP contribution < -0.4 is 10.5 Å². The second-order valence-electron chi connectivity index (χ2n) is 3.90. The third kappa shape index (κ3) is 7.34. The first-order valence-corrected chi connectivity index (χ1v) is 7.97. The molecule has 0 aromatic heterocycles. The molecule has 0 amide bonds. The van der Waals surface area contributed by atoms with Gasteiger partial charge in [0.05, 0.1) is 15.8 Å². The number of nitrogens with two attached hydrogens (primary N) is 1. The van der Waals surface area contributed by atoms with Crippen LogP contribution in [0.15, 0.2) is 18.2 Å². The highest BCUT2D eigenvalue weighted by atomic mass is 35.5. The van der Waals surface area contributed by atoms with Crippen LogP contribution in [-0.2, 0) is 15.8 Å². The monoisotopic (exact) mass is 346 g/mol. The zero-order valence-corrected chi connectivity index (χ0v) is 13.4. The number of halogens is 3. The average Bonchev–Trinajstić information content (AvgIpc) is 2.29. The topological polar surface area (TPSA) is 72.2 Å². The second kappa shape index (κ2) is 9.00. The van der Waals surface area contributed by atoms with Crippen LogP contribution in [0.1, 0.15) is 18.4 Å². The molecular weight excluding hydrogens is 331 g/mol. The molecule has 1 aromatic carbocycles. The summed E-state index contributed by atoms with van der Waals surface area (Å²) in [5.74, 6) is -0.105. The molecule has 19 heavy (non-hydrogen) atoms. The van der Waals surface area contributed by atoms with Crippen molar-refractivity contribution in [2.24, 2.45) is 5.73 Å². The second-order valence-corrected chi connectivity index (χ2v) is 6.52. The lowest BCUT2D eigenvalue weighted by atomic mass is 10.2. The van der Waals surface area contributed by atoms with E-state index < -0.39 is 10.0 Å². The Morgan fingerprint density at radius 1 is 1.16 bits per heavy atom. The Morgan fingerprint density at radius 3 is 2.42 bits per heavy atom. The van der Waals surface area contributed by atoms with E-state index >= 15 is 0 Å². The molecule has 3 N–H and O–H groups in total. The quantitative estimate of drug-likeness (QED) is 0.745. The Morgan fingerprint density at radius 2 is 1.84 bits per heavy atom. The van der Waals surface area contributed by atoms with E-state index in [2.05, 4.69) is 4.72 Å². The summed E-state index contributed by atoms with van der Waals surface area (Å²) in [6.07, 6.45) is 1.53. The summed E-state index contributed by atoms with van der Waals surface area (Å²) in [6.45, 7) is 0.968. The maximum atomic E-state index is 11.7. The van der Waals surface area contributed by atoms with E-state index in [1.54, 1.807) is 18.2 Å². The predicted octanol–water partition coefficient (Wildman–Crippen LogP) is 2.57. The van der Waals surface area contributed by atoms with Crippen LogP contribution in [0.5, 0.6) is 0 Å². The fourth-order valence-electron chi connectivity index (χ4n) is 1.40. The molecule has 4 nitrogen and oxygen atoms in total. The maximum Gasteiger partial charge on any atom is 0.215 e. The van der Waals surface area contributed by atoms with E-state index in [-0.39, 0.29) is 18.2 Å². The van der Waals surface area contributed by atoms with Crippen molar-refractivity contribution in [2.45, 2.75) is 18.6 Å². The van der Waals surface area contributed by atoms with E-state index in [0.29, 0.717) is 28.7 Å². The molecule has 0 saturated heterocycles. The van der Waals surface area contributed by atoms with Crippen LogP contribution >= 0.6 is 35.6 Å². The molecule has 0 heterocycles. The zero-order valence-electron chi connectivity index (χ0n) is 10.2. The molecular formula is C11H17Cl3N2O2S. The fourth-order valence-corrected chi connectivity index (χ4v) is 2.89. The van der Waals surface area contributed by atoms with Gasteiger partial charge in [-0.15, -0.1) is 12.4 Å². The van der Waals surface area contributed by atoms with Gasteiger partial charge < -0.3 is 5.73 Å². The van der Waals surface area contributed by atoms with Crippen molar-refractivity contribution in [1.29, 1.82) is 0 Å². The largest absolute Gasteiger partial charge is 0.330 e. The zero-order chi connectivity index (χ0) is 13.6. The van der Waals surface area contributed by atoms with Gasteiger partial charge >= 0.3 is 0 Å². The first kappa shape index (κ1) is 19.0. The Kier molecular flexibility index (Phi) is 8.98. The van der Waals surface area contributed by atoms with Crippen molar-refractivity contribution in [3.05, 3.63) is 33.8 Å². The summed E-state index contributed by atoms with van der Waals surface area (Å²) in [5.41, 5.74) is 5.94. The van der Waals surface area contributed by atoms with Gasteiger partial charge in [-0.2, -0.15) is 0 Å². The van der Waals surface area contributed by atoms with Crippen LogP contribution in [0, 0.1) is 0 Å². The highest BCUT2D eigenvalue weighted by molar-refractivity contribution is 7.88. The number of hydrogen-bond donors (Lipinski definition) is 2. The molecule has 0 aliphatic heterocycles. The lowest BCUT2D eigenvalue weighted by molar-refractivity contribution is 0.576. The van der Waals surface area contributed by atoms with Crippen molar-refractivity contribution in [3.63, 3.8) is 0 Å². The fraction of sp³-hybridized carbons (Fsp3) is 0.455. The van der Waals surface area contributed by atoms with Crippen molar-refractivity contribution in [2.75, 3.05) is 13.1 Å². The SMILES string of the molecule is Cl.NCCCCNS(=O)(=O)Cc1ccc(Cl)c(Cl)c1. The number of nitrogens with one attached hydrogen (secondary N) is 1. The molecule has 0 aliphatic rings. The Labute approximate surface area is 130 Å². The lowest BCUT2D eigenvalue weighted by Gasteiger charge is -2.07. The summed E-state index contributed by atoms with van der Waals surface area (Å²) in [4.78, 5) is 0. The first-order valence-electron chi connectivity index (χ1n) is 5.56. The minimum Gasteiger partial charge on any atom is -0.330 e. The standard InChI is InChI=1S/C11H16Cl2N2O2S.ClH/c12-10-4-3-9(7-11(10)13)8-18(16,17)15-6-2-1-5-14;/h3-4,7,15H,1-2,5-6,8,14H2;1H. The van der Waals surface area contributed by atoms with E-state index in [4.69, 9.17) is 28.9 Å². The number of unbranched alkanes of at least 4 members (excludes halogenated alkanes) is 1. The highest BCUT2D eigenvalue weighted by Crippen LogP contribution is 2.23. The molecule has 0 aliphatic carbocycles. The van der Waals surface area contributed by atoms with Gasteiger partial charge in [0.1, 0.15) is 0 Å². The minimum absolute atomic E-state index is 0. The van der Waals surface area contributed by atoms with Gasteiger partial charge in [-0.1, -0.05) is 29.3 Å². The lowest BCUT2D eigenvalue weighted by Crippen LogP contribution is -2.26. The summed E-state index contributed by atoms with van der Waals surface area (Å²) in [5, 5.41) is 0.765. The molecule has 1 rings (SSSR count). The van der Waals surface area contributed by atoms with Gasteiger partial charge in [0.15, 0.2) is 0 Å². The molecule has 0 fully saturated rings. The predicted molar refractivity (Wildman–Crippen MR) is 82.6 cm³/mol. The average molecular weight is 348 g/mol. The van der Waals surface area contributed by atoms with Crippen LogP contribution in [0.25, 0.3) is 0 Å². The van der Waals surface area contributed by atoms with Gasteiger partial charge in [-0.05, 0) is 37.1 Å². The third-order valence-electron chi connectivity index (χ3n) is 2.29. The van der Waals surface area contributed by atoms with E-state index in [1.807, 2.05) is 0 Å². The normalized spacial score (nSPS) is 11.1. The summed E-state index contributed by atoms with van der Waals surface area (Å²) in [7, 11) is -3.34. The Balaban J connectivity index is 0.00000324. The Hall–Kier alpha value is -0.0400. The van der Waals surface area contributed by atoms with Crippen molar-refractivity contribution < 1.29 is 8.42 Å². The van der Waals surface area contributed by atoms with E-state index in [1.165, 1.54) is 0 Å². The Bertz CT molecular complexity index is 495. The van der Waals surface area contributed by atoms with Gasteiger partial charge in [-0.25, -0.2) is 13.1 Å². The van der Waals surface area contributed by atoms with Crippen molar-refractivity contribution >= 4 is 45.6 Å². The molecule has 0 bridgehead atoms. The summed E-state index contributed by atoms with van der Waals surface area (Å²) >= 11 is 11.6. The molecule has 110 valence electrons. The summed E-state index contributed by atoms with van der Waals surface area (Å²) < 4.78 is 26.0. The molecule has 0 saturated carbocycles.